The van der Waals surface area contributed by atoms with Crippen molar-refractivity contribution in [1.29, 1.82) is 0 Å². The lowest BCUT2D eigenvalue weighted by molar-refractivity contribution is -0.113. The third kappa shape index (κ3) is 3.83. The van der Waals surface area contributed by atoms with Crippen LogP contribution in [0.15, 0.2) is 59.8 Å². The second-order valence-corrected chi connectivity index (χ2v) is 6.38. The summed E-state index contributed by atoms with van der Waals surface area (Å²) in [6, 6.07) is 13.7. The van der Waals surface area contributed by atoms with Crippen molar-refractivity contribution in [2.75, 3.05) is 5.32 Å². The van der Waals surface area contributed by atoms with Gasteiger partial charge in [-0.05, 0) is 43.7 Å². The molecule has 2 aromatic rings. The first-order valence-electron chi connectivity index (χ1n) is 7.86. The highest BCUT2D eigenvalue weighted by molar-refractivity contribution is 6.30. The molecular weight excluding hydrogens is 338 g/mol. The topological polar surface area (TPSA) is 70.2 Å². The lowest BCUT2D eigenvalue weighted by atomic mass is 9.95. The summed E-state index contributed by atoms with van der Waals surface area (Å²) >= 11 is 5.94. The summed E-state index contributed by atoms with van der Waals surface area (Å²) in [5.41, 5.74) is 3.57. The van der Waals surface area contributed by atoms with Gasteiger partial charge < -0.3 is 16.0 Å². The van der Waals surface area contributed by atoms with Crippen molar-refractivity contribution >= 4 is 29.2 Å². The molecular formula is C19H18ClN3O2. The number of rotatable bonds is 3. The van der Waals surface area contributed by atoms with Crippen LogP contribution in [-0.4, -0.2) is 11.9 Å². The van der Waals surface area contributed by atoms with Gasteiger partial charge in [0.15, 0.2) is 0 Å². The van der Waals surface area contributed by atoms with Gasteiger partial charge in [-0.1, -0.05) is 41.4 Å². The van der Waals surface area contributed by atoms with E-state index in [0.717, 1.165) is 11.1 Å². The van der Waals surface area contributed by atoms with Gasteiger partial charge >= 0.3 is 6.03 Å². The van der Waals surface area contributed by atoms with Crippen LogP contribution in [0.5, 0.6) is 0 Å². The van der Waals surface area contributed by atoms with Crippen molar-refractivity contribution in [2.45, 2.75) is 19.9 Å². The van der Waals surface area contributed by atoms with Gasteiger partial charge in [0.25, 0.3) is 5.91 Å². The van der Waals surface area contributed by atoms with Crippen LogP contribution in [0.4, 0.5) is 10.5 Å². The molecule has 3 N–H and O–H groups in total. The van der Waals surface area contributed by atoms with Crippen LogP contribution in [-0.2, 0) is 4.79 Å². The summed E-state index contributed by atoms with van der Waals surface area (Å²) in [5.74, 6) is -0.270. The molecule has 0 aromatic heterocycles. The van der Waals surface area contributed by atoms with Gasteiger partial charge in [-0.3, -0.25) is 4.79 Å². The fraction of sp³-hybridized carbons (Fsp3) is 0.158. The number of hydrogen-bond donors (Lipinski definition) is 3. The van der Waals surface area contributed by atoms with Gasteiger partial charge in [-0.15, -0.1) is 0 Å². The van der Waals surface area contributed by atoms with E-state index < -0.39 is 6.04 Å². The number of benzene rings is 2. The maximum Gasteiger partial charge on any atom is 0.319 e. The van der Waals surface area contributed by atoms with Crippen LogP contribution >= 0.6 is 11.6 Å². The standard InChI is InChI=1S/C19H18ClN3O2/c1-11-3-9-15(10-4-11)22-18(24)16-12(2)21-19(25)23-17(16)13-5-7-14(20)8-6-13/h3-10,17H,1-2H3,(H,22,24)(H2,21,23,25). The monoisotopic (exact) mass is 355 g/mol. The Morgan fingerprint density at radius 1 is 1.04 bits per heavy atom. The SMILES string of the molecule is CC1=C(C(=O)Nc2ccc(C)cc2)C(c2ccc(Cl)cc2)NC(=O)N1. The molecule has 5 nitrogen and oxygen atoms in total. The Kier molecular flexibility index (Phi) is 4.76. The van der Waals surface area contributed by atoms with Crippen LogP contribution in [0.25, 0.3) is 0 Å². The minimum atomic E-state index is -0.545. The van der Waals surface area contributed by atoms with Crippen molar-refractivity contribution in [3.63, 3.8) is 0 Å². The van der Waals surface area contributed by atoms with E-state index in [1.54, 1.807) is 31.2 Å². The van der Waals surface area contributed by atoms with Crippen molar-refractivity contribution < 1.29 is 9.59 Å². The number of halogens is 1. The molecule has 1 aliphatic heterocycles. The van der Waals surface area contributed by atoms with E-state index in [2.05, 4.69) is 16.0 Å². The molecule has 0 saturated heterocycles. The van der Waals surface area contributed by atoms with E-state index in [0.29, 0.717) is 22.0 Å². The molecule has 128 valence electrons. The Labute approximate surface area is 151 Å². The Balaban J connectivity index is 1.92. The molecule has 1 atom stereocenters. The predicted octanol–water partition coefficient (Wildman–Crippen LogP) is 3.92. The molecule has 1 aliphatic rings. The zero-order valence-corrected chi connectivity index (χ0v) is 14.6. The lowest BCUT2D eigenvalue weighted by Crippen LogP contribution is -2.45. The Morgan fingerprint density at radius 2 is 1.68 bits per heavy atom. The highest BCUT2D eigenvalue weighted by atomic mass is 35.5. The van der Waals surface area contributed by atoms with Crippen molar-refractivity contribution in [2.24, 2.45) is 0 Å². The summed E-state index contributed by atoms with van der Waals surface area (Å²) < 4.78 is 0. The molecule has 1 unspecified atom stereocenters. The van der Waals surface area contributed by atoms with Crippen molar-refractivity contribution in [3.8, 4) is 0 Å². The Morgan fingerprint density at radius 3 is 2.32 bits per heavy atom. The largest absolute Gasteiger partial charge is 0.327 e. The van der Waals surface area contributed by atoms with E-state index in [9.17, 15) is 9.59 Å². The van der Waals surface area contributed by atoms with Crippen molar-refractivity contribution in [3.05, 3.63) is 76.0 Å². The second kappa shape index (κ2) is 6.99. The first kappa shape index (κ1) is 17.0. The summed E-state index contributed by atoms with van der Waals surface area (Å²) in [6.45, 7) is 3.70. The van der Waals surface area contributed by atoms with E-state index in [4.69, 9.17) is 11.6 Å². The molecule has 0 fully saturated rings. The highest BCUT2D eigenvalue weighted by Crippen LogP contribution is 2.28. The number of nitrogens with one attached hydrogen (secondary N) is 3. The third-order valence-electron chi connectivity index (χ3n) is 4.03. The van der Waals surface area contributed by atoms with Crippen LogP contribution < -0.4 is 16.0 Å². The fourth-order valence-corrected chi connectivity index (χ4v) is 2.86. The van der Waals surface area contributed by atoms with Gasteiger partial charge in [0, 0.05) is 16.4 Å². The maximum absolute atomic E-state index is 12.8. The number of carbonyl (C=O) groups is 2. The Hall–Kier alpha value is -2.79. The van der Waals surface area contributed by atoms with Crippen LogP contribution in [0.2, 0.25) is 5.02 Å². The Bertz CT molecular complexity index is 842. The summed E-state index contributed by atoms with van der Waals surface area (Å²) in [5, 5.41) is 8.93. The number of carbonyl (C=O) groups excluding carboxylic acids is 2. The van der Waals surface area contributed by atoms with E-state index >= 15 is 0 Å². The molecule has 3 amide bonds. The molecule has 3 rings (SSSR count). The third-order valence-corrected chi connectivity index (χ3v) is 4.28. The molecule has 1 heterocycles. The van der Waals surface area contributed by atoms with Crippen LogP contribution in [0.1, 0.15) is 24.1 Å². The minimum absolute atomic E-state index is 0.270. The summed E-state index contributed by atoms with van der Waals surface area (Å²) in [4.78, 5) is 24.7. The van der Waals surface area contributed by atoms with E-state index in [1.807, 2.05) is 31.2 Å². The van der Waals surface area contributed by atoms with Gasteiger partial charge in [-0.25, -0.2) is 4.79 Å². The molecule has 25 heavy (non-hydrogen) atoms. The molecule has 0 bridgehead atoms. The van der Waals surface area contributed by atoms with Gasteiger partial charge in [0.1, 0.15) is 0 Å². The van der Waals surface area contributed by atoms with Crippen LogP contribution in [0, 0.1) is 6.92 Å². The first-order chi connectivity index (χ1) is 11.9. The lowest BCUT2D eigenvalue weighted by Gasteiger charge is -2.28. The molecule has 0 aliphatic carbocycles. The average Bonchev–Trinajstić information content (AvgIpc) is 2.57. The zero-order valence-electron chi connectivity index (χ0n) is 13.9. The molecule has 0 radical (unpaired) electrons. The molecule has 6 heteroatoms. The number of hydrogen-bond acceptors (Lipinski definition) is 2. The quantitative estimate of drug-likeness (QED) is 0.781. The smallest absolute Gasteiger partial charge is 0.319 e. The van der Waals surface area contributed by atoms with Gasteiger partial charge in [-0.2, -0.15) is 0 Å². The van der Waals surface area contributed by atoms with Crippen molar-refractivity contribution in [1.82, 2.24) is 10.6 Å². The van der Waals surface area contributed by atoms with Gasteiger partial charge in [0.2, 0.25) is 0 Å². The highest BCUT2D eigenvalue weighted by Gasteiger charge is 2.31. The van der Waals surface area contributed by atoms with E-state index in [-0.39, 0.29) is 11.9 Å². The number of aryl methyl sites for hydroxylation is 1. The normalized spacial score (nSPS) is 16.9. The maximum atomic E-state index is 12.8. The molecule has 2 aromatic carbocycles. The first-order valence-corrected chi connectivity index (χ1v) is 8.23. The summed E-state index contributed by atoms with van der Waals surface area (Å²) in [7, 11) is 0. The minimum Gasteiger partial charge on any atom is -0.327 e. The van der Waals surface area contributed by atoms with E-state index in [1.165, 1.54) is 0 Å². The fourth-order valence-electron chi connectivity index (χ4n) is 2.74. The zero-order chi connectivity index (χ0) is 18.0. The van der Waals surface area contributed by atoms with Gasteiger partial charge in [0.05, 0.1) is 11.6 Å². The molecule has 0 saturated carbocycles. The number of allylic oxidation sites excluding steroid dienone is 1. The number of amides is 3. The molecule has 0 spiro atoms. The second-order valence-electron chi connectivity index (χ2n) is 5.94. The number of anilines is 1. The average molecular weight is 356 g/mol. The number of urea groups is 1. The summed E-state index contributed by atoms with van der Waals surface area (Å²) in [6.07, 6.45) is 0. The predicted molar refractivity (Wildman–Crippen MR) is 98.4 cm³/mol. The van der Waals surface area contributed by atoms with Crippen LogP contribution in [0.3, 0.4) is 0 Å².